The van der Waals surface area contributed by atoms with E-state index >= 15 is 0 Å². The van der Waals surface area contributed by atoms with Crippen LogP contribution in [-0.4, -0.2) is 59.5 Å². The number of carbonyl (C=O) groups is 1. The third kappa shape index (κ3) is 4.72. The Balaban J connectivity index is 1.27. The van der Waals surface area contributed by atoms with Gasteiger partial charge in [0.25, 0.3) is 11.6 Å². The lowest BCUT2D eigenvalue weighted by molar-refractivity contribution is -0.384. The molecule has 4 rings (SSSR count). The lowest BCUT2D eigenvalue weighted by Gasteiger charge is -2.35. The summed E-state index contributed by atoms with van der Waals surface area (Å²) < 4.78 is 5.77. The molecule has 1 N–H and O–H groups in total. The van der Waals surface area contributed by atoms with Gasteiger partial charge in [0.2, 0.25) is 0 Å². The number of nitro benzene ring substituents is 1. The fraction of sp³-hybridized carbons (Fsp3) is 0.381. The van der Waals surface area contributed by atoms with E-state index in [1.807, 2.05) is 6.07 Å². The second-order valence-electron chi connectivity index (χ2n) is 7.43. The van der Waals surface area contributed by atoms with Gasteiger partial charge in [0.1, 0.15) is 0 Å². The van der Waals surface area contributed by atoms with Crippen LogP contribution in [0.5, 0.6) is 5.75 Å². The highest BCUT2D eigenvalue weighted by atomic mass is 16.6. The molecule has 0 aromatic heterocycles. The molecule has 0 bridgehead atoms. The number of rotatable bonds is 6. The fourth-order valence-electron chi connectivity index (χ4n) is 3.75. The summed E-state index contributed by atoms with van der Waals surface area (Å²) in [5, 5.41) is 13.7. The molecule has 1 saturated heterocycles. The van der Waals surface area contributed by atoms with Crippen molar-refractivity contribution < 1.29 is 14.5 Å². The lowest BCUT2D eigenvalue weighted by atomic mass is 10.1. The Morgan fingerprint density at radius 2 is 1.79 bits per heavy atom. The van der Waals surface area contributed by atoms with Crippen LogP contribution in [0.4, 0.5) is 11.4 Å². The Kier molecular flexibility index (Phi) is 5.73. The minimum Gasteiger partial charge on any atom is -0.478 e. The van der Waals surface area contributed by atoms with E-state index in [1.165, 1.54) is 23.8 Å². The van der Waals surface area contributed by atoms with Gasteiger partial charge in [-0.3, -0.25) is 19.8 Å². The molecular weight excluding hydrogens is 372 g/mol. The standard InChI is InChI=1S/C21H24N4O4/c26-21-19(29-20-14-17(25(27)28)6-7-18(20)22-21)8-9-23-10-12-24(13-11-23)15-16-4-2-1-3-5-16/h1-7,14,19H,8-13,15H2,(H,22,26)/t19-/m1/s1. The van der Waals surface area contributed by atoms with Crippen molar-refractivity contribution in [2.75, 3.05) is 38.0 Å². The van der Waals surface area contributed by atoms with Crippen LogP contribution >= 0.6 is 0 Å². The van der Waals surface area contributed by atoms with E-state index in [4.69, 9.17) is 4.74 Å². The largest absolute Gasteiger partial charge is 0.478 e. The minimum absolute atomic E-state index is 0.0480. The number of non-ortho nitro benzene ring substituents is 1. The molecule has 0 spiro atoms. The molecule has 2 aromatic carbocycles. The van der Waals surface area contributed by atoms with E-state index in [2.05, 4.69) is 39.4 Å². The first-order chi connectivity index (χ1) is 14.1. The number of nitrogens with one attached hydrogen (secondary N) is 1. The molecule has 1 atom stereocenters. The number of ether oxygens (including phenoxy) is 1. The number of hydrogen-bond acceptors (Lipinski definition) is 6. The van der Waals surface area contributed by atoms with Gasteiger partial charge >= 0.3 is 0 Å². The third-order valence-electron chi connectivity index (χ3n) is 5.42. The fourth-order valence-corrected chi connectivity index (χ4v) is 3.75. The van der Waals surface area contributed by atoms with E-state index in [9.17, 15) is 14.9 Å². The predicted octanol–water partition coefficient (Wildman–Crippen LogP) is 2.50. The van der Waals surface area contributed by atoms with Gasteiger partial charge in [0.05, 0.1) is 16.7 Å². The molecule has 0 aliphatic carbocycles. The van der Waals surface area contributed by atoms with Crippen LogP contribution in [0.15, 0.2) is 48.5 Å². The van der Waals surface area contributed by atoms with E-state index in [1.54, 1.807) is 0 Å². The molecule has 1 amide bonds. The van der Waals surface area contributed by atoms with Gasteiger partial charge in [0.15, 0.2) is 11.9 Å². The molecule has 8 nitrogen and oxygen atoms in total. The van der Waals surface area contributed by atoms with Crippen LogP contribution in [0.2, 0.25) is 0 Å². The second-order valence-corrected chi connectivity index (χ2v) is 7.43. The number of nitro groups is 1. The summed E-state index contributed by atoms with van der Waals surface area (Å²) in [4.78, 5) is 27.6. The van der Waals surface area contributed by atoms with Crippen LogP contribution in [0, 0.1) is 10.1 Å². The van der Waals surface area contributed by atoms with E-state index in [-0.39, 0.29) is 11.6 Å². The Morgan fingerprint density at radius 1 is 1.07 bits per heavy atom. The Morgan fingerprint density at radius 3 is 2.52 bits per heavy atom. The highest BCUT2D eigenvalue weighted by Gasteiger charge is 2.29. The van der Waals surface area contributed by atoms with Crippen molar-refractivity contribution in [1.82, 2.24) is 9.80 Å². The Bertz CT molecular complexity index is 882. The number of piperazine rings is 1. The van der Waals surface area contributed by atoms with E-state index < -0.39 is 11.0 Å². The molecule has 0 saturated carbocycles. The van der Waals surface area contributed by atoms with Crippen LogP contribution in [-0.2, 0) is 11.3 Å². The minimum atomic E-state index is -0.633. The molecule has 2 heterocycles. The smallest absolute Gasteiger partial charge is 0.273 e. The number of carbonyl (C=O) groups excluding carboxylic acids is 1. The van der Waals surface area contributed by atoms with Crippen molar-refractivity contribution in [3.8, 4) is 5.75 Å². The first-order valence-corrected chi connectivity index (χ1v) is 9.83. The Hall–Kier alpha value is -2.97. The average Bonchev–Trinajstić information content (AvgIpc) is 2.73. The summed E-state index contributed by atoms with van der Waals surface area (Å²) in [6.07, 6.45) is -0.0843. The van der Waals surface area contributed by atoms with Gasteiger partial charge in [-0.1, -0.05) is 30.3 Å². The lowest BCUT2D eigenvalue weighted by Crippen LogP contribution is -2.47. The SMILES string of the molecule is O=C1Nc2ccc([N+](=O)[O-])cc2O[C@@H]1CCN1CCN(Cc2ccccc2)CC1. The van der Waals surface area contributed by atoms with E-state index in [0.29, 0.717) is 17.9 Å². The maximum atomic E-state index is 12.3. The van der Waals surface area contributed by atoms with Crippen molar-refractivity contribution >= 4 is 17.3 Å². The number of nitrogens with zero attached hydrogens (tertiary/aromatic N) is 3. The quantitative estimate of drug-likeness (QED) is 0.596. The molecule has 2 aliphatic heterocycles. The van der Waals surface area contributed by atoms with Gasteiger partial charge in [-0.25, -0.2) is 0 Å². The molecule has 29 heavy (non-hydrogen) atoms. The maximum Gasteiger partial charge on any atom is 0.273 e. The van der Waals surface area contributed by atoms with Crippen molar-refractivity contribution in [2.45, 2.75) is 19.1 Å². The zero-order valence-corrected chi connectivity index (χ0v) is 16.1. The van der Waals surface area contributed by atoms with Crippen molar-refractivity contribution in [3.05, 3.63) is 64.2 Å². The zero-order chi connectivity index (χ0) is 20.2. The first kappa shape index (κ1) is 19.4. The van der Waals surface area contributed by atoms with Crippen molar-refractivity contribution in [3.63, 3.8) is 0 Å². The predicted molar refractivity (Wildman–Crippen MR) is 109 cm³/mol. The normalized spacial score (nSPS) is 19.9. The summed E-state index contributed by atoms with van der Waals surface area (Å²) in [5.74, 6) is 0.158. The summed E-state index contributed by atoms with van der Waals surface area (Å²) in [5.41, 5.74) is 1.75. The summed E-state index contributed by atoms with van der Waals surface area (Å²) in [7, 11) is 0. The molecule has 8 heteroatoms. The highest BCUT2D eigenvalue weighted by molar-refractivity contribution is 5.97. The molecule has 1 fully saturated rings. The van der Waals surface area contributed by atoms with Crippen LogP contribution in [0.3, 0.4) is 0 Å². The summed E-state index contributed by atoms with van der Waals surface area (Å²) in [6, 6.07) is 14.7. The maximum absolute atomic E-state index is 12.3. The van der Waals surface area contributed by atoms with Gasteiger partial charge in [0, 0.05) is 51.8 Å². The number of anilines is 1. The van der Waals surface area contributed by atoms with Crippen molar-refractivity contribution in [1.29, 1.82) is 0 Å². The number of fused-ring (bicyclic) bond motifs is 1. The van der Waals surface area contributed by atoms with Crippen LogP contribution < -0.4 is 10.1 Å². The average molecular weight is 396 g/mol. The van der Waals surface area contributed by atoms with E-state index in [0.717, 1.165) is 39.3 Å². The third-order valence-corrected chi connectivity index (χ3v) is 5.42. The van der Waals surface area contributed by atoms with Crippen LogP contribution in [0.25, 0.3) is 0 Å². The van der Waals surface area contributed by atoms with Crippen molar-refractivity contribution in [2.24, 2.45) is 0 Å². The molecular formula is C21H24N4O4. The van der Waals surface area contributed by atoms with Gasteiger partial charge < -0.3 is 15.0 Å². The number of amides is 1. The highest BCUT2D eigenvalue weighted by Crippen LogP contribution is 2.33. The summed E-state index contributed by atoms with van der Waals surface area (Å²) >= 11 is 0. The van der Waals surface area contributed by atoms with Gasteiger partial charge in [-0.05, 0) is 11.6 Å². The monoisotopic (exact) mass is 396 g/mol. The number of hydrogen-bond donors (Lipinski definition) is 1. The topological polar surface area (TPSA) is 87.9 Å². The second kappa shape index (κ2) is 8.59. The molecule has 0 radical (unpaired) electrons. The van der Waals surface area contributed by atoms with Crippen LogP contribution in [0.1, 0.15) is 12.0 Å². The molecule has 0 unspecified atom stereocenters. The first-order valence-electron chi connectivity index (χ1n) is 9.83. The molecule has 2 aromatic rings. The van der Waals surface area contributed by atoms with Gasteiger partial charge in [-0.15, -0.1) is 0 Å². The summed E-state index contributed by atoms with van der Waals surface area (Å²) in [6.45, 7) is 5.58. The number of benzene rings is 2. The molecule has 152 valence electrons. The van der Waals surface area contributed by atoms with Gasteiger partial charge in [-0.2, -0.15) is 0 Å². The zero-order valence-electron chi connectivity index (χ0n) is 16.1. The Labute approximate surface area is 169 Å². The molecule has 2 aliphatic rings.